The van der Waals surface area contributed by atoms with Gasteiger partial charge in [-0.2, -0.15) is 5.10 Å². The number of anilines is 3. The van der Waals surface area contributed by atoms with Gasteiger partial charge < -0.3 is 20.4 Å². The molecule has 192 valence electrons. The van der Waals surface area contributed by atoms with Crippen LogP contribution < -0.4 is 15.5 Å². The molecule has 0 aliphatic carbocycles. The fraction of sp³-hybridized carbons (Fsp3) is 0.393. The average Bonchev–Trinajstić information content (AvgIpc) is 3.49. The summed E-state index contributed by atoms with van der Waals surface area (Å²) in [5.41, 5.74) is 3.59. The van der Waals surface area contributed by atoms with E-state index in [1.165, 1.54) is 5.69 Å². The monoisotopic (exact) mass is 500 g/mol. The lowest BCUT2D eigenvalue weighted by Gasteiger charge is -2.19. The van der Waals surface area contributed by atoms with Crippen LogP contribution >= 0.6 is 0 Å². The molecule has 0 bridgehead atoms. The first-order valence-electron chi connectivity index (χ1n) is 13.0. The summed E-state index contributed by atoms with van der Waals surface area (Å²) in [5.74, 6) is 2.15. The molecule has 1 unspecified atom stereocenters. The van der Waals surface area contributed by atoms with Crippen molar-refractivity contribution in [2.24, 2.45) is 0 Å². The van der Waals surface area contributed by atoms with E-state index in [-0.39, 0.29) is 5.82 Å². The van der Waals surface area contributed by atoms with Crippen molar-refractivity contribution in [3.63, 3.8) is 0 Å². The molecule has 0 spiro atoms. The van der Waals surface area contributed by atoms with Gasteiger partial charge in [0.15, 0.2) is 5.82 Å². The maximum atomic E-state index is 15.2. The summed E-state index contributed by atoms with van der Waals surface area (Å²) in [5, 5.41) is 13.1. The van der Waals surface area contributed by atoms with Crippen molar-refractivity contribution in [2.45, 2.75) is 32.4 Å². The highest BCUT2D eigenvalue weighted by atomic mass is 19.1. The van der Waals surface area contributed by atoms with E-state index in [2.05, 4.69) is 49.3 Å². The van der Waals surface area contributed by atoms with E-state index in [0.717, 1.165) is 79.1 Å². The number of halogens is 1. The highest BCUT2D eigenvalue weighted by molar-refractivity contribution is 5.89. The molecule has 3 aromatic heterocycles. The van der Waals surface area contributed by atoms with Crippen molar-refractivity contribution in [1.29, 1.82) is 0 Å². The molecule has 2 aliphatic rings. The van der Waals surface area contributed by atoms with Gasteiger partial charge in [0.25, 0.3) is 0 Å². The molecule has 0 radical (unpaired) electrons. The van der Waals surface area contributed by atoms with E-state index in [0.29, 0.717) is 17.4 Å². The van der Waals surface area contributed by atoms with Crippen molar-refractivity contribution in [3.8, 4) is 11.1 Å². The molecular weight excluding hydrogens is 467 g/mol. The number of benzene rings is 1. The molecule has 6 rings (SSSR count). The minimum absolute atomic E-state index is 0.271. The van der Waals surface area contributed by atoms with Crippen molar-refractivity contribution < 1.29 is 4.39 Å². The second-order valence-corrected chi connectivity index (χ2v) is 10.2. The lowest BCUT2D eigenvalue weighted by atomic mass is 9.99. The third-order valence-corrected chi connectivity index (χ3v) is 7.68. The molecule has 4 aromatic rings. The van der Waals surface area contributed by atoms with Gasteiger partial charge in [0, 0.05) is 79.3 Å². The Hall–Kier alpha value is -3.56. The van der Waals surface area contributed by atoms with Crippen LogP contribution in [0.1, 0.15) is 17.7 Å². The van der Waals surface area contributed by atoms with Crippen LogP contribution in [-0.4, -0.2) is 71.0 Å². The van der Waals surface area contributed by atoms with Crippen LogP contribution in [0.25, 0.3) is 21.9 Å². The van der Waals surface area contributed by atoms with Crippen molar-refractivity contribution in [2.75, 3.05) is 50.5 Å². The third kappa shape index (κ3) is 4.76. The molecule has 0 amide bonds. The molecule has 1 aromatic carbocycles. The standard InChI is InChI=1S/C28H33FN8/c1-18-10-28(36-7-4-21(17-36)30-2)32-16-24(18)23-11-19-13-26(31-15-20(19)12-25(23)29)33-27-14-22-5-6-35(3)8-9-37(22)34-27/h10-16,21,30H,4-9,17H2,1-3H3,(H,31,33,34). The summed E-state index contributed by atoms with van der Waals surface area (Å²) < 4.78 is 17.3. The number of pyridine rings is 2. The smallest absolute Gasteiger partial charge is 0.153 e. The molecule has 5 heterocycles. The zero-order valence-electron chi connectivity index (χ0n) is 21.6. The van der Waals surface area contributed by atoms with E-state index in [9.17, 15) is 0 Å². The SMILES string of the molecule is CNC1CCN(c2cc(C)c(-c3cc4cc(Nc5cc6n(n5)CCN(C)CC6)ncc4cc3F)cn2)C1. The minimum atomic E-state index is -0.271. The van der Waals surface area contributed by atoms with Crippen LogP contribution in [-0.2, 0) is 13.0 Å². The Bertz CT molecular complexity index is 1420. The average molecular weight is 501 g/mol. The number of aryl methyl sites for hydroxylation is 1. The highest BCUT2D eigenvalue weighted by Gasteiger charge is 2.23. The Labute approximate surface area is 216 Å². The first kappa shape index (κ1) is 23.8. The van der Waals surface area contributed by atoms with Crippen LogP contribution in [0.15, 0.2) is 42.7 Å². The second kappa shape index (κ2) is 9.72. The molecule has 2 N–H and O–H groups in total. The van der Waals surface area contributed by atoms with Gasteiger partial charge in [0.05, 0.1) is 6.54 Å². The quantitative estimate of drug-likeness (QED) is 0.430. The first-order valence-corrected chi connectivity index (χ1v) is 13.0. The van der Waals surface area contributed by atoms with E-state index < -0.39 is 0 Å². The maximum Gasteiger partial charge on any atom is 0.153 e. The molecular formula is C28H33FN8. The summed E-state index contributed by atoms with van der Waals surface area (Å²) in [6, 6.07) is 10.0. The number of hydrogen-bond donors (Lipinski definition) is 2. The number of hydrogen-bond acceptors (Lipinski definition) is 7. The van der Waals surface area contributed by atoms with E-state index >= 15 is 4.39 Å². The first-order chi connectivity index (χ1) is 18.0. The molecule has 8 nitrogen and oxygen atoms in total. The number of fused-ring (bicyclic) bond motifs is 2. The Kier molecular flexibility index (Phi) is 6.26. The van der Waals surface area contributed by atoms with Crippen molar-refractivity contribution in [3.05, 3.63) is 59.8 Å². The van der Waals surface area contributed by atoms with E-state index in [1.807, 2.05) is 26.1 Å². The lowest BCUT2D eigenvalue weighted by molar-refractivity contribution is 0.337. The van der Waals surface area contributed by atoms with Crippen LogP contribution in [0, 0.1) is 12.7 Å². The Balaban J connectivity index is 1.27. The van der Waals surface area contributed by atoms with Gasteiger partial charge in [-0.05, 0) is 62.7 Å². The number of aromatic nitrogens is 4. The van der Waals surface area contributed by atoms with Gasteiger partial charge in [0.1, 0.15) is 17.5 Å². The topological polar surface area (TPSA) is 74.1 Å². The van der Waals surface area contributed by atoms with Gasteiger partial charge >= 0.3 is 0 Å². The molecule has 0 saturated carbocycles. The zero-order valence-corrected chi connectivity index (χ0v) is 21.6. The van der Waals surface area contributed by atoms with Gasteiger partial charge in [-0.25, -0.2) is 14.4 Å². The summed E-state index contributed by atoms with van der Waals surface area (Å²) in [7, 11) is 4.14. The Morgan fingerprint density at radius 3 is 2.62 bits per heavy atom. The highest BCUT2D eigenvalue weighted by Crippen LogP contribution is 2.32. The number of rotatable bonds is 5. The zero-order chi connectivity index (χ0) is 25.5. The summed E-state index contributed by atoms with van der Waals surface area (Å²) in [6.45, 7) is 6.82. The fourth-order valence-electron chi connectivity index (χ4n) is 5.37. The predicted octanol–water partition coefficient (Wildman–Crippen LogP) is 3.97. The van der Waals surface area contributed by atoms with E-state index in [4.69, 9.17) is 10.1 Å². The van der Waals surface area contributed by atoms with Gasteiger partial charge in [-0.3, -0.25) is 4.68 Å². The van der Waals surface area contributed by atoms with Crippen molar-refractivity contribution in [1.82, 2.24) is 30.0 Å². The van der Waals surface area contributed by atoms with Crippen molar-refractivity contribution >= 4 is 28.2 Å². The van der Waals surface area contributed by atoms with Gasteiger partial charge in [-0.15, -0.1) is 0 Å². The minimum Gasteiger partial charge on any atom is -0.355 e. The number of likely N-dealkylation sites (N-methyl/N-ethyl adjacent to an activating group) is 2. The Morgan fingerprint density at radius 1 is 0.919 bits per heavy atom. The number of nitrogens with zero attached hydrogens (tertiary/aromatic N) is 6. The molecule has 9 heteroatoms. The fourth-order valence-corrected chi connectivity index (χ4v) is 5.37. The third-order valence-electron chi connectivity index (χ3n) is 7.68. The summed E-state index contributed by atoms with van der Waals surface area (Å²) in [4.78, 5) is 13.8. The molecule has 1 fully saturated rings. The summed E-state index contributed by atoms with van der Waals surface area (Å²) >= 11 is 0. The van der Waals surface area contributed by atoms with Gasteiger partial charge in [-0.1, -0.05) is 0 Å². The lowest BCUT2D eigenvalue weighted by Crippen LogP contribution is -2.29. The van der Waals surface area contributed by atoms with Crippen LogP contribution in [0.5, 0.6) is 0 Å². The van der Waals surface area contributed by atoms with Gasteiger partial charge in [0.2, 0.25) is 0 Å². The molecule has 1 atom stereocenters. The normalized spacial score (nSPS) is 18.3. The maximum absolute atomic E-state index is 15.2. The number of nitrogens with one attached hydrogen (secondary N) is 2. The molecule has 1 saturated heterocycles. The molecule has 2 aliphatic heterocycles. The van der Waals surface area contributed by atoms with Crippen LogP contribution in [0.3, 0.4) is 0 Å². The van der Waals surface area contributed by atoms with Crippen LogP contribution in [0.2, 0.25) is 0 Å². The van der Waals surface area contributed by atoms with E-state index in [1.54, 1.807) is 18.5 Å². The second-order valence-electron chi connectivity index (χ2n) is 10.2. The molecule has 37 heavy (non-hydrogen) atoms. The predicted molar refractivity (Wildman–Crippen MR) is 146 cm³/mol. The van der Waals surface area contributed by atoms with Crippen LogP contribution in [0.4, 0.5) is 21.8 Å². The largest absolute Gasteiger partial charge is 0.355 e. The Morgan fingerprint density at radius 2 is 1.81 bits per heavy atom. The summed E-state index contributed by atoms with van der Waals surface area (Å²) in [6.07, 6.45) is 5.58.